The van der Waals surface area contributed by atoms with Crippen LogP contribution in [0.3, 0.4) is 0 Å². The number of imidazole rings is 1. The number of halogens is 2. The topological polar surface area (TPSA) is 68.9 Å². The highest BCUT2D eigenvalue weighted by molar-refractivity contribution is 6.35. The van der Waals surface area contributed by atoms with Crippen LogP contribution in [0.25, 0.3) is 22.3 Å². The number of carbonyl (C=O) groups is 1. The molecule has 2 heterocycles. The van der Waals surface area contributed by atoms with Gasteiger partial charge in [0, 0.05) is 34.4 Å². The largest absolute Gasteiger partial charge is 0.355 e. The minimum Gasteiger partial charge on any atom is -0.355 e. The van der Waals surface area contributed by atoms with Gasteiger partial charge in [-0.05, 0) is 50.1 Å². The fourth-order valence-electron chi connectivity index (χ4n) is 3.28. The van der Waals surface area contributed by atoms with E-state index in [1.54, 1.807) is 29.0 Å². The highest BCUT2D eigenvalue weighted by Crippen LogP contribution is 2.29. The van der Waals surface area contributed by atoms with Gasteiger partial charge in [0.2, 0.25) is 5.91 Å². The number of amides is 1. The van der Waals surface area contributed by atoms with Crippen LogP contribution in [0.4, 0.5) is 0 Å². The van der Waals surface area contributed by atoms with E-state index in [1.807, 2.05) is 19.9 Å². The van der Waals surface area contributed by atoms with E-state index >= 15 is 0 Å². The standard InChI is InChI=1S/C21H24Cl2N4O2/c1-4-5-6-24-19(28)12-26-20-18(27(13(2)3)21(26)29)9-15(11-25-20)14-7-16(22)10-17(23)8-14/h7-11,13H,4-6,12H2,1-3H3,(H,24,28). The van der Waals surface area contributed by atoms with Crippen LogP contribution in [0.1, 0.15) is 39.7 Å². The van der Waals surface area contributed by atoms with Crippen LogP contribution in [0.2, 0.25) is 10.0 Å². The second kappa shape index (κ2) is 9.01. The summed E-state index contributed by atoms with van der Waals surface area (Å²) in [7, 11) is 0. The van der Waals surface area contributed by atoms with Crippen LogP contribution in [-0.4, -0.2) is 26.6 Å². The van der Waals surface area contributed by atoms with Gasteiger partial charge in [0.05, 0.1) is 5.52 Å². The molecule has 0 bridgehead atoms. The average Bonchev–Trinajstić information content (AvgIpc) is 2.92. The van der Waals surface area contributed by atoms with Gasteiger partial charge < -0.3 is 5.32 Å². The maximum absolute atomic E-state index is 13.0. The zero-order chi connectivity index (χ0) is 21.1. The lowest BCUT2D eigenvalue weighted by Crippen LogP contribution is -2.34. The minimum absolute atomic E-state index is 0.0614. The molecule has 1 amide bonds. The van der Waals surface area contributed by atoms with Crippen LogP contribution < -0.4 is 11.0 Å². The lowest BCUT2D eigenvalue weighted by Gasteiger charge is -2.08. The molecular weight excluding hydrogens is 411 g/mol. The fraction of sp³-hybridized carbons (Fsp3) is 0.381. The number of pyridine rings is 1. The molecule has 0 saturated heterocycles. The molecule has 0 atom stereocenters. The zero-order valence-electron chi connectivity index (χ0n) is 16.7. The first-order valence-corrected chi connectivity index (χ1v) is 10.4. The summed E-state index contributed by atoms with van der Waals surface area (Å²) in [6.07, 6.45) is 3.56. The zero-order valence-corrected chi connectivity index (χ0v) is 18.2. The lowest BCUT2D eigenvalue weighted by molar-refractivity contribution is -0.121. The van der Waals surface area contributed by atoms with Gasteiger partial charge in [0.1, 0.15) is 6.54 Å². The molecule has 0 saturated carbocycles. The molecule has 0 aliphatic carbocycles. The number of hydrogen-bond donors (Lipinski definition) is 1. The number of unbranched alkanes of at least 4 members (excludes halogenated alkanes) is 1. The van der Waals surface area contributed by atoms with Crippen molar-refractivity contribution in [3.8, 4) is 11.1 Å². The molecule has 3 aromatic rings. The Kier molecular flexibility index (Phi) is 6.65. The number of nitrogens with one attached hydrogen (secondary N) is 1. The highest BCUT2D eigenvalue weighted by Gasteiger charge is 2.19. The molecule has 3 rings (SSSR count). The van der Waals surface area contributed by atoms with Crippen molar-refractivity contribution >= 4 is 40.3 Å². The van der Waals surface area contributed by atoms with Crippen LogP contribution in [0.15, 0.2) is 35.3 Å². The number of benzene rings is 1. The van der Waals surface area contributed by atoms with E-state index in [2.05, 4.69) is 17.2 Å². The fourth-order valence-corrected chi connectivity index (χ4v) is 3.80. The average molecular weight is 435 g/mol. The van der Waals surface area contributed by atoms with Crippen molar-refractivity contribution in [3.05, 3.63) is 51.0 Å². The maximum atomic E-state index is 13.0. The van der Waals surface area contributed by atoms with Crippen molar-refractivity contribution in [2.45, 2.75) is 46.2 Å². The maximum Gasteiger partial charge on any atom is 0.331 e. The second-order valence-corrected chi connectivity index (χ2v) is 8.13. The Morgan fingerprint density at radius 2 is 1.83 bits per heavy atom. The Hall–Kier alpha value is -2.31. The molecule has 0 unspecified atom stereocenters. The van der Waals surface area contributed by atoms with E-state index in [1.165, 1.54) is 4.57 Å². The van der Waals surface area contributed by atoms with Gasteiger partial charge in [-0.2, -0.15) is 0 Å². The number of rotatable bonds is 7. The molecular formula is C21H24Cl2N4O2. The summed E-state index contributed by atoms with van der Waals surface area (Å²) in [5.41, 5.74) is 2.49. The van der Waals surface area contributed by atoms with E-state index < -0.39 is 0 Å². The van der Waals surface area contributed by atoms with Crippen molar-refractivity contribution < 1.29 is 4.79 Å². The molecule has 0 radical (unpaired) electrons. The Bertz CT molecular complexity index is 1080. The number of nitrogens with zero attached hydrogens (tertiary/aromatic N) is 3. The van der Waals surface area contributed by atoms with E-state index in [4.69, 9.17) is 23.2 Å². The molecule has 0 aliphatic heterocycles. The molecule has 0 spiro atoms. The molecule has 6 nitrogen and oxygen atoms in total. The molecule has 154 valence electrons. The van der Waals surface area contributed by atoms with Crippen molar-refractivity contribution in [1.29, 1.82) is 0 Å². The summed E-state index contributed by atoms with van der Waals surface area (Å²) < 4.78 is 3.07. The molecule has 8 heteroatoms. The predicted molar refractivity (Wildman–Crippen MR) is 118 cm³/mol. The molecule has 0 aliphatic rings. The first kappa shape index (κ1) is 21.4. The number of hydrogen-bond acceptors (Lipinski definition) is 3. The molecule has 1 N–H and O–H groups in total. The van der Waals surface area contributed by atoms with Crippen LogP contribution in [-0.2, 0) is 11.3 Å². The van der Waals surface area contributed by atoms with Gasteiger partial charge in [0.15, 0.2) is 5.65 Å². The first-order chi connectivity index (χ1) is 13.8. The normalized spacial score (nSPS) is 11.4. The second-order valence-electron chi connectivity index (χ2n) is 7.26. The third kappa shape index (κ3) is 4.65. The quantitative estimate of drug-likeness (QED) is 0.549. The SMILES string of the molecule is CCCCNC(=O)Cn1c(=O)n(C(C)C)c2cc(-c3cc(Cl)cc(Cl)c3)cnc21. The number of aromatic nitrogens is 3. The van der Waals surface area contributed by atoms with E-state index in [9.17, 15) is 9.59 Å². The first-order valence-electron chi connectivity index (χ1n) is 9.65. The van der Waals surface area contributed by atoms with Crippen molar-refractivity contribution in [3.63, 3.8) is 0 Å². The van der Waals surface area contributed by atoms with E-state index in [0.29, 0.717) is 27.8 Å². The molecule has 1 aromatic carbocycles. The van der Waals surface area contributed by atoms with Gasteiger partial charge in [-0.3, -0.25) is 13.9 Å². The summed E-state index contributed by atoms with van der Waals surface area (Å²) in [5.74, 6) is -0.198. The van der Waals surface area contributed by atoms with E-state index in [0.717, 1.165) is 24.0 Å². The number of fused-ring (bicyclic) bond motifs is 1. The Morgan fingerprint density at radius 1 is 1.14 bits per heavy atom. The third-order valence-corrected chi connectivity index (χ3v) is 5.10. The van der Waals surface area contributed by atoms with Crippen molar-refractivity contribution in [2.24, 2.45) is 0 Å². The van der Waals surface area contributed by atoms with Crippen molar-refractivity contribution in [1.82, 2.24) is 19.4 Å². The Morgan fingerprint density at radius 3 is 2.45 bits per heavy atom. The smallest absolute Gasteiger partial charge is 0.331 e. The van der Waals surface area contributed by atoms with Crippen LogP contribution >= 0.6 is 23.2 Å². The Balaban J connectivity index is 2.07. The Labute approximate surface area is 179 Å². The van der Waals surface area contributed by atoms with Gasteiger partial charge in [0.25, 0.3) is 0 Å². The van der Waals surface area contributed by atoms with Gasteiger partial charge in [-0.1, -0.05) is 36.5 Å². The summed E-state index contributed by atoms with van der Waals surface area (Å²) >= 11 is 12.3. The van der Waals surface area contributed by atoms with Gasteiger partial charge in [-0.25, -0.2) is 9.78 Å². The van der Waals surface area contributed by atoms with Crippen molar-refractivity contribution in [2.75, 3.05) is 6.54 Å². The summed E-state index contributed by atoms with van der Waals surface area (Å²) in [6, 6.07) is 7.06. The monoisotopic (exact) mass is 434 g/mol. The highest BCUT2D eigenvalue weighted by atomic mass is 35.5. The lowest BCUT2D eigenvalue weighted by atomic mass is 10.1. The van der Waals surface area contributed by atoms with E-state index in [-0.39, 0.29) is 24.2 Å². The number of carbonyl (C=O) groups excluding carboxylic acids is 1. The summed E-state index contributed by atoms with van der Waals surface area (Å²) in [6.45, 7) is 6.44. The van der Waals surface area contributed by atoms with Gasteiger partial charge >= 0.3 is 5.69 Å². The summed E-state index contributed by atoms with van der Waals surface area (Å²) in [4.78, 5) is 29.8. The minimum atomic E-state index is -0.255. The van der Waals surface area contributed by atoms with Crippen LogP contribution in [0, 0.1) is 0 Å². The van der Waals surface area contributed by atoms with Gasteiger partial charge in [-0.15, -0.1) is 0 Å². The van der Waals surface area contributed by atoms with Crippen LogP contribution in [0.5, 0.6) is 0 Å². The summed E-state index contributed by atoms with van der Waals surface area (Å²) in [5, 5.41) is 3.89. The predicted octanol–water partition coefficient (Wildman–Crippen LogP) is 4.67. The molecule has 0 fully saturated rings. The third-order valence-electron chi connectivity index (χ3n) is 4.67. The molecule has 2 aromatic heterocycles. The molecule has 29 heavy (non-hydrogen) atoms.